The molecule has 0 saturated carbocycles. The van der Waals surface area contributed by atoms with Crippen LogP contribution < -0.4 is 0 Å². The predicted octanol–water partition coefficient (Wildman–Crippen LogP) is 4.05. The Morgan fingerprint density at radius 1 is 1.12 bits per heavy atom. The van der Waals surface area contributed by atoms with Crippen LogP contribution in [0.1, 0.15) is 57.9 Å². The molecule has 1 aromatic rings. The van der Waals surface area contributed by atoms with Gasteiger partial charge in [0.2, 0.25) is 0 Å². The van der Waals surface area contributed by atoms with Crippen molar-refractivity contribution in [3.8, 4) is 0 Å². The zero-order chi connectivity index (χ0) is 17.4. The number of carbonyl (C=O) groups is 2. The first-order chi connectivity index (χ1) is 11.6. The highest BCUT2D eigenvalue weighted by Crippen LogP contribution is 2.37. The largest absolute Gasteiger partial charge is 0.303 e. The number of aryl methyl sites for hydroxylation is 1. The van der Waals surface area contributed by atoms with E-state index >= 15 is 0 Å². The van der Waals surface area contributed by atoms with E-state index in [9.17, 15) is 9.59 Å². The van der Waals surface area contributed by atoms with Gasteiger partial charge < -0.3 is 4.90 Å². The van der Waals surface area contributed by atoms with Gasteiger partial charge in [-0.15, -0.1) is 0 Å². The van der Waals surface area contributed by atoms with Gasteiger partial charge in [0.05, 0.1) is 0 Å². The van der Waals surface area contributed by atoms with Crippen LogP contribution in [0.15, 0.2) is 30.3 Å². The van der Waals surface area contributed by atoms with E-state index in [1.54, 1.807) is 6.92 Å². The van der Waals surface area contributed by atoms with Gasteiger partial charge in [-0.25, -0.2) is 0 Å². The van der Waals surface area contributed by atoms with Crippen molar-refractivity contribution in [3.05, 3.63) is 35.9 Å². The predicted molar refractivity (Wildman–Crippen MR) is 98.1 cm³/mol. The van der Waals surface area contributed by atoms with Gasteiger partial charge in [-0.3, -0.25) is 9.59 Å². The Labute approximate surface area is 146 Å². The first-order valence-corrected chi connectivity index (χ1v) is 9.35. The third-order valence-electron chi connectivity index (χ3n) is 5.25. The van der Waals surface area contributed by atoms with Gasteiger partial charge in [0.25, 0.3) is 0 Å². The number of benzene rings is 1. The zero-order valence-electron chi connectivity index (χ0n) is 15.2. The van der Waals surface area contributed by atoms with E-state index in [0.717, 1.165) is 51.7 Å². The molecule has 0 amide bonds. The minimum atomic E-state index is -0.377. The molecule has 0 aliphatic carbocycles. The third kappa shape index (κ3) is 5.27. The van der Waals surface area contributed by atoms with Gasteiger partial charge in [0.15, 0.2) is 0 Å². The second-order valence-corrected chi connectivity index (χ2v) is 7.26. The first-order valence-electron chi connectivity index (χ1n) is 9.35. The quantitative estimate of drug-likeness (QED) is 0.686. The van der Waals surface area contributed by atoms with Crippen molar-refractivity contribution in [1.82, 2.24) is 4.90 Å². The summed E-state index contributed by atoms with van der Waals surface area (Å²) in [6, 6.07) is 10.6. The molecule has 0 bridgehead atoms. The van der Waals surface area contributed by atoms with Crippen LogP contribution in [0.25, 0.3) is 0 Å². The molecule has 132 valence electrons. The van der Waals surface area contributed by atoms with E-state index in [1.807, 2.05) is 6.92 Å². The lowest BCUT2D eigenvalue weighted by Crippen LogP contribution is -2.45. The van der Waals surface area contributed by atoms with Crippen LogP contribution >= 0.6 is 0 Å². The molecule has 1 aliphatic rings. The highest BCUT2D eigenvalue weighted by Gasteiger charge is 2.40. The molecule has 0 atom stereocenters. The molecule has 0 spiro atoms. The van der Waals surface area contributed by atoms with Gasteiger partial charge in [-0.2, -0.15) is 0 Å². The molecule has 3 nitrogen and oxygen atoms in total. The molecule has 1 saturated heterocycles. The summed E-state index contributed by atoms with van der Waals surface area (Å²) in [5.41, 5.74) is 1.01. The van der Waals surface area contributed by atoms with E-state index in [2.05, 4.69) is 35.2 Å². The Balaban J connectivity index is 1.83. The highest BCUT2D eigenvalue weighted by molar-refractivity contribution is 5.90. The molecule has 1 aliphatic heterocycles. The van der Waals surface area contributed by atoms with Crippen molar-refractivity contribution in [3.63, 3.8) is 0 Å². The lowest BCUT2D eigenvalue weighted by Gasteiger charge is -2.40. The minimum Gasteiger partial charge on any atom is -0.303 e. The molecular formula is C21H31NO2. The standard InChI is InChI=1S/C21H31NO2/c1-3-8-20(24)21(17-18(2)23)12-15-22(16-13-21)14-7-11-19-9-5-4-6-10-19/h4-6,9-10H,3,7-8,11-17H2,1-2H3. The normalized spacial score (nSPS) is 17.6. The lowest BCUT2D eigenvalue weighted by molar-refractivity contribution is -0.136. The maximum absolute atomic E-state index is 12.6. The Bertz CT molecular complexity index is 530. The number of nitrogens with zero attached hydrogens (tertiary/aromatic N) is 1. The molecule has 0 aromatic heterocycles. The summed E-state index contributed by atoms with van der Waals surface area (Å²) >= 11 is 0. The summed E-state index contributed by atoms with van der Waals surface area (Å²) in [7, 11) is 0. The topological polar surface area (TPSA) is 37.4 Å². The summed E-state index contributed by atoms with van der Waals surface area (Å²) in [6.45, 7) is 6.62. The number of hydrogen-bond donors (Lipinski definition) is 0. The number of likely N-dealkylation sites (tertiary alicyclic amines) is 1. The van der Waals surface area contributed by atoms with Gasteiger partial charge in [0.1, 0.15) is 11.6 Å². The van der Waals surface area contributed by atoms with Crippen LogP contribution in [-0.4, -0.2) is 36.1 Å². The van der Waals surface area contributed by atoms with Gasteiger partial charge in [-0.05, 0) is 64.2 Å². The molecule has 2 rings (SSSR count). The smallest absolute Gasteiger partial charge is 0.139 e. The SMILES string of the molecule is CCCC(=O)C1(CC(C)=O)CCN(CCCc2ccccc2)CC1. The molecule has 0 unspecified atom stereocenters. The van der Waals surface area contributed by atoms with Crippen LogP contribution in [0.4, 0.5) is 0 Å². The molecule has 0 N–H and O–H groups in total. The Kier molecular flexibility index (Phi) is 7.16. The van der Waals surface area contributed by atoms with Crippen molar-refractivity contribution in [2.45, 2.75) is 58.8 Å². The monoisotopic (exact) mass is 329 g/mol. The summed E-state index contributed by atoms with van der Waals surface area (Å²) < 4.78 is 0. The molecule has 1 fully saturated rings. The van der Waals surface area contributed by atoms with Gasteiger partial charge >= 0.3 is 0 Å². The fraction of sp³-hybridized carbons (Fsp3) is 0.619. The third-order valence-corrected chi connectivity index (χ3v) is 5.25. The Morgan fingerprint density at radius 2 is 1.79 bits per heavy atom. The van der Waals surface area contributed by atoms with Gasteiger partial charge in [0, 0.05) is 18.3 Å². The summed E-state index contributed by atoms with van der Waals surface area (Å²) in [6.07, 6.45) is 5.86. The van der Waals surface area contributed by atoms with Crippen LogP contribution in [-0.2, 0) is 16.0 Å². The molecule has 24 heavy (non-hydrogen) atoms. The minimum absolute atomic E-state index is 0.150. The van der Waals surface area contributed by atoms with Crippen molar-refractivity contribution < 1.29 is 9.59 Å². The second-order valence-electron chi connectivity index (χ2n) is 7.26. The maximum atomic E-state index is 12.6. The van der Waals surface area contributed by atoms with Crippen molar-refractivity contribution in [1.29, 1.82) is 0 Å². The number of carbonyl (C=O) groups excluding carboxylic acids is 2. The van der Waals surface area contributed by atoms with Crippen molar-refractivity contribution >= 4 is 11.6 Å². The summed E-state index contributed by atoms with van der Waals surface area (Å²) in [4.78, 5) is 26.7. The Hall–Kier alpha value is -1.48. The average molecular weight is 329 g/mol. The maximum Gasteiger partial charge on any atom is 0.139 e. The molecule has 1 heterocycles. The van der Waals surface area contributed by atoms with Crippen molar-refractivity contribution in [2.24, 2.45) is 5.41 Å². The van der Waals surface area contributed by atoms with E-state index in [4.69, 9.17) is 0 Å². The molecule has 1 aromatic carbocycles. The molecule has 0 radical (unpaired) electrons. The second kappa shape index (κ2) is 9.12. The van der Waals surface area contributed by atoms with E-state index in [1.165, 1.54) is 5.56 Å². The van der Waals surface area contributed by atoms with Crippen LogP contribution in [0.2, 0.25) is 0 Å². The number of Topliss-reactive ketones (excluding diaryl/α,β-unsaturated/α-hetero) is 2. The highest BCUT2D eigenvalue weighted by atomic mass is 16.1. The molecule has 3 heteroatoms. The zero-order valence-corrected chi connectivity index (χ0v) is 15.2. The lowest BCUT2D eigenvalue weighted by atomic mass is 9.70. The van der Waals surface area contributed by atoms with E-state index in [0.29, 0.717) is 18.6 Å². The fourth-order valence-corrected chi connectivity index (χ4v) is 3.88. The van der Waals surface area contributed by atoms with Crippen LogP contribution in [0.3, 0.4) is 0 Å². The van der Waals surface area contributed by atoms with Crippen LogP contribution in [0.5, 0.6) is 0 Å². The fourth-order valence-electron chi connectivity index (χ4n) is 3.88. The average Bonchev–Trinajstić information content (AvgIpc) is 2.57. The first kappa shape index (κ1) is 18.9. The molecular weight excluding hydrogens is 298 g/mol. The number of rotatable bonds is 9. The van der Waals surface area contributed by atoms with Gasteiger partial charge in [-0.1, -0.05) is 37.3 Å². The summed E-state index contributed by atoms with van der Waals surface area (Å²) in [5, 5.41) is 0. The number of piperidine rings is 1. The van der Waals surface area contributed by atoms with E-state index < -0.39 is 0 Å². The Morgan fingerprint density at radius 3 is 2.38 bits per heavy atom. The number of hydrogen-bond acceptors (Lipinski definition) is 3. The summed E-state index contributed by atoms with van der Waals surface area (Å²) in [5.74, 6) is 0.459. The van der Waals surface area contributed by atoms with Crippen molar-refractivity contribution in [2.75, 3.05) is 19.6 Å². The van der Waals surface area contributed by atoms with E-state index in [-0.39, 0.29) is 11.2 Å². The van der Waals surface area contributed by atoms with Crippen LogP contribution in [0, 0.1) is 5.41 Å². The number of ketones is 2.